The monoisotopic (exact) mass is 309 g/mol. The van der Waals surface area contributed by atoms with Gasteiger partial charge in [-0.25, -0.2) is 9.97 Å². The van der Waals surface area contributed by atoms with Gasteiger partial charge < -0.3 is 5.32 Å². The predicted octanol–water partition coefficient (Wildman–Crippen LogP) is 4.07. The van der Waals surface area contributed by atoms with Crippen LogP contribution >= 0.6 is 11.3 Å². The third-order valence-electron chi connectivity index (χ3n) is 3.16. The molecule has 3 rings (SSSR count). The van der Waals surface area contributed by atoms with Crippen molar-refractivity contribution >= 4 is 22.9 Å². The summed E-state index contributed by atoms with van der Waals surface area (Å²) in [6.45, 7) is 3.84. The van der Waals surface area contributed by atoms with Gasteiger partial charge >= 0.3 is 0 Å². The van der Waals surface area contributed by atoms with Crippen LogP contribution in [0.25, 0.3) is 11.3 Å². The van der Waals surface area contributed by atoms with Gasteiger partial charge in [0.05, 0.1) is 10.6 Å². The first-order valence-electron chi connectivity index (χ1n) is 6.90. The van der Waals surface area contributed by atoms with Crippen LogP contribution in [0.2, 0.25) is 0 Å². The normalized spacial score (nSPS) is 10.5. The maximum atomic E-state index is 12.2. The lowest BCUT2D eigenvalue weighted by Crippen LogP contribution is -2.10. The lowest BCUT2D eigenvalue weighted by atomic mass is 10.1. The smallest absolute Gasteiger partial charge is 0.265 e. The minimum Gasteiger partial charge on any atom is -0.321 e. The molecule has 2 aromatic heterocycles. The van der Waals surface area contributed by atoms with Gasteiger partial charge in [-0.1, -0.05) is 12.1 Å². The second-order valence-electron chi connectivity index (χ2n) is 4.93. The Kier molecular flexibility index (Phi) is 3.98. The highest BCUT2D eigenvalue weighted by molar-refractivity contribution is 7.14. The second-order valence-corrected chi connectivity index (χ2v) is 6.22. The lowest BCUT2D eigenvalue weighted by molar-refractivity contribution is 0.103. The summed E-state index contributed by atoms with van der Waals surface area (Å²) in [4.78, 5) is 22.5. The fraction of sp³-hybridized carbons (Fsp3) is 0.118. The van der Waals surface area contributed by atoms with E-state index in [1.54, 1.807) is 6.20 Å². The number of anilines is 1. The first-order chi connectivity index (χ1) is 10.6. The molecule has 2 heterocycles. The van der Waals surface area contributed by atoms with E-state index < -0.39 is 0 Å². The Morgan fingerprint density at radius 2 is 2.00 bits per heavy atom. The van der Waals surface area contributed by atoms with Crippen molar-refractivity contribution in [2.45, 2.75) is 13.8 Å². The Bertz CT molecular complexity index is 826. The van der Waals surface area contributed by atoms with E-state index in [0.717, 1.165) is 27.6 Å². The molecule has 0 spiro atoms. The number of aromatic nitrogens is 2. The Labute approximate surface area is 132 Å². The van der Waals surface area contributed by atoms with Gasteiger partial charge in [0.25, 0.3) is 5.91 Å². The molecule has 0 aliphatic heterocycles. The number of amides is 1. The van der Waals surface area contributed by atoms with Crippen molar-refractivity contribution < 1.29 is 4.79 Å². The van der Waals surface area contributed by atoms with Crippen LogP contribution < -0.4 is 5.32 Å². The van der Waals surface area contributed by atoms with E-state index in [-0.39, 0.29) is 5.91 Å². The van der Waals surface area contributed by atoms with Crippen molar-refractivity contribution in [2.75, 3.05) is 5.32 Å². The number of rotatable bonds is 3. The quantitative estimate of drug-likeness (QED) is 0.793. The van der Waals surface area contributed by atoms with Gasteiger partial charge in [-0.2, -0.15) is 0 Å². The first kappa shape index (κ1) is 14.4. The molecule has 1 aromatic carbocycles. The molecule has 0 radical (unpaired) electrons. The van der Waals surface area contributed by atoms with E-state index >= 15 is 0 Å². The number of thiophene rings is 1. The van der Waals surface area contributed by atoms with Crippen molar-refractivity contribution in [3.8, 4) is 11.3 Å². The molecule has 1 N–H and O–H groups in total. The molecule has 1 amide bonds. The first-order valence-corrected chi connectivity index (χ1v) is 7.71. The van der Waals surface area contributed by atoms with Gasteiger partial charge in [-0.3, -0.25) is 4.79 Å². The molecule has 0 saturated heterocycles. The predicted molar refractivity (Wildman–Crippen MR) is 89.2 cm³/mol. The van der Waals surface area contributed by atoms with Crippen molar-refractivity contribution in [1.82, 2.24) is 9.97 Å². The van der Waals surface area contributed by atoms with Gasteiger partial charge in [0.1, 0.15) is 5.82 Å². The Morgan fingerprint density at radius 1 is 1.14 bits per heavy atom. The number of hydrogen-bond acceptors (Lipinski definition) is 4. The van der Waals surface area contributed by atoms with Gasteiger partial charge in [0.15, 0.2) is 0 Å². The number of carbonyl (C=O) groups excluding carboxylic acids is 1. The average molecular weight is 309 g/mol. The van der Waals surface area contributed by atoms with Crippen LogP contribution in [-0.2, 0) is 0 Å². The van der Waals surface area contributed by atoms with Crippen LogP contribution in [0, 0.1) is 13.8 Å². The molecule has 3 aromatic rings. The third-order valence-corrected chi connectivity index (χ3v) is 4.16. The fourth-order valence-corrected chi connectivity index (χ4v) is 2.89. The second kappa shape index (κ2) is 6.07. The zero-order valence-corrected chi connectivity index (χ0v) is 13.1. The molecule has 0 saturated carbocycles. The zero-order chi connectivity index (χ0) is 15.5. The number of nitrogens with zero attached hydrogens (tertiary/aromatic N) is 2. The molecule has 4 nitrogen and oxygen atoms in total. The number of carbonyl (C=O) groups is 1. The highest BCUT2D eigenvalue weighted by Gasteiger charge is 2.09. The number of nitrogens with one attached hydrogen (secondary N) is 1. The van der Waals surface area contributed by atoms with E-state index in [9.17, 15) is 4.79 Å². The molecule has 110 valence electrons. The van der Waals surface area contributed by atoms with E-state index in [0.29, 0.717) is 4.88 Å². The minimum absolute atomic E-state index is 0.0888. The van der Waals surface area contributed by atoms with Gasteiger partial charge in [-0.15, -0.1) is 11.3 Å². The maximum absolute atomic E-state index is 12.2. The highest BCUT2D eigenvalue weighted by atomic mass is 32.1. The van der Waals surface area contributed by atoms with Crippen LogP contribution in [0.4, 0.5) is 5.69 Å². The van der Waals surface area contributed by atoms with Crippen molar-refractivity contribution in [3.05, 3.63) is 64.2 Å². The van der Waals surface area contributed by atoms with E-state index in [2.05, 4.69) is 15.3 Å². The summed E-state index contributed by atoms with van der Waals surface area (Å²) in [5.41, 5.74) is 2.55. The topological polar surface area (TPSA) is 54.9 Å². The van der Waals surface area contributed by atoms with E-state index in [4.69, 9.17) is 0 Å². The Hall–Kier alpha value is -2.53. The summed E-state index contributed by atoms with van der Waals surface area (Å²) >= 11 is 1.48. The number of aryl methyl sites for hydroxylation is 2. The standard InChI is InChI=1S/C17H15N3OS/c1-11-6-7-16(22-11)17(21)20-14-5-3-4-13(10-14)15-8-9-18-12(2)19-15/h3-10H,1-2H3,(H,20,21). The fourth-order valence-electron chi connectivity index (χ4n) is 2.12. The number of benzene rings is 1. The van der Waals surface area contributed by atoms with Crippen LogP contribution in [0.15, 0.2) is 48.7 Å². The lowest BCUT2D eigenvalue weighted by Gasteiger charge is -2.06. The average Bonchev–Trinajstić information content (AvgIpc) is 2.94. The van der Waals surface area contributed by atoms with Gasteiger partial charge in [0.2, 0.25) is 0 Å². The zero-order valence-electron chi connectivity index (χ0n) is 12.3. The van der Waals surface area contributed by atoms with Crippen LogP contribution in [0.1, 0.15) is 20.4 Å². The van der Waals surface area contributed by atoms with Crippen LogP contribution in [0.3, 0.4) is 0 Å². The number of hydrogen-bond donors (Lipinski definition) is 1. The molecule has 0 unspecified atom stereocenters. The Balaban J connectivity index is 1.84. The van der Waals surface area contributed by atoms with Crippen molar-refractivity contribution in [1.29, 1.82) is 0 Å². The molecule has 0 fully saturated rings. The van der Waals surface area contributed by atoms with Crippen LogP contribution in [-0.4, -0.2) is 15.9 Å². The Morgan fingerprint density at radius 3 is 2.73 bits per heavy atom. The third kappa shape index (κ3) is 3.20. The molecule has 0 atom stereocenters. The summed E-state index contributed by atoms with van der Waals surface area (Å²) in [5.74, 6) is 0.634. The summed E-state index contributed by atoms with van der Waals surface area (Å²) in [7, 11) is 0. The molecule has 5 heteroatoms. The van der Waals surface area contributed by atoms with Crippen molar-refractivity contribution in [2.24, 2.45) is 0 Å². The summed E-state index contributed by atoms with van der Waals surface area (Å²) in [5, 5.41) is 2.92. The summed E-state index contributed by atoms with van der Waals surface area (Å²) in [6, 6.07) is 13.3. The van der Waals surface area contributed by atoms with Gasteiger partial charge in [0, 0.05) is 22.3 Å². The molecule has 22 heavy (non-hydrogen) atoms. The van der Waals surface area contributed by atoms with Crippen molar-refractivity contribution in [3.63, 3.8) is 0 Å². The maximum Gasteiger partial charge on any atom is 0.265 e. The van der Waals surface area contributed by atoms with E-state index in [1.807, 2.05) is 56.3 Å². The minimum atomic E-state index is -0.0888. The molecule has 0 aliphatic carbocycles. The SMILES string of the molecule is Cc1nccc(-c2cccc(NC(=O)c3ccc(C)s3)c2)n1. The van der Waals surface area contributed by atoms with Gasteiger partial charge in [-0.05, 0) is 44.2 Å². The molecule has 0 aliphatic rings. The summed E-state index contributed by atoms with van der Waals surface area (Å²) < 4.78 is 0. The molecule has 0 bridgehead atoms. The largest absolute Gasteiger partial charge is 0.321 e. The summed E-state index contributed by atoms with van der Waals surface area (Å²) in [6.07, 6.45) is 1.73. The van der Waals surface area contributed by atoms with Crippen LogP contribution in [0.5, 0.6) is 0 Å². The molecular formula is C17H15N3OS. The highest BCUT2D eigenvalue weighted by Crippen LogP contribution is 2.22. The van der Waals surface area contributed by atoms with E-state index in [1.165, 1.54) is 11.3 Å². The molecular weight excluding hydrogens is 294 g/mol.